The standard InChI is InChI=1S/C16H15NO6/c1-21-13-7-8-14(16(9-13)22-2)15(18)10-23-12-5-3-11(4-6-12)17(19)20/h3-9H,10H2,1-2H3. The Hall–Kier alpha value is -3.09. The number of rotatable bonds is 7. The third-order valence-electron chi connectivity index (χ3n) is 3.13. The number of carbonyl (C=O) groups excluding carboxylic acids is 1. The van der Waals surface area contributed by atoms with Gasteiger partial charge in [0, 0.05) is 18.2 Å². The zero-order chi connectivity index (χ0) is 16.8. The number of hydrogen-bond donors (Lipinski definition) is 0. The van der Waals surface area contributed by atoms with E-state index in [-0.39, 0.29) is 18.1 Å². The maximum absolute atomic E-state index is 12.2. The topological polar surface area (TPSA) is 87.9 Å². The highest BCUT2D eigenvalue weighted by Crippen LogP contribution is 2.25. The van der Waals surface area contributed by atoms with Crippen LogP contribution in [0.1, 0.15) is 10.4 Å². The van der Waals surface area contributed by atoms with Gasteiger partial charge in [-0.1, -0.05) is 0 Å². The normalized spacial score (nSPS) is 10.0. The molecule has 0 fully saturated rings. The fourth-order valence-electron chi connectivity index (χ4n) is 1.92. The predicted molar refractivity (Wildman–Crippen MR) is 82.5 cm³/mol. The van der Waals surface area contributed by atoms with Crippen LogP contribution < -0.4 is 14.2 Å². The summed E-state index contributed by atoms with van der Waals surface area (Å²) in [5.41, 5.74) is 0.329. The number of ketones is 1. The number of carbonyl (C=O) groups is 1. The summed E-state index contributed by atoms with van der Waals surface area (Å²) in [5, 5.41) is 10.6. The van der Waals surface area contributed by atoms with Crippen LogP contribution >= 0.6 is 0 Å². The number of nitro benzene ring substituents is 1. The molecule has 0 spiro atoms. The van der Waals surface area contributed by atoms with Crippen molar-refractivity contribution < 1.29 is 23.9 Å². The van der Waals surface area contributed by atoms with Gasteiger partial charge in [-0.25, -0.2) is 0 Å². The van der Waals surface area contributed by atoms with E-state index in [1.807, 2.05) is 0 Å². The molecule has 0 atom stereocenters. The first kappa shape index (κ1) is 16.3. The average Bonchev–Trinajstić information content (AvgIpc) is 2.59. The van der Waals surface area contributed by atoms with E-state index in [1.165, 1.54) is 38.5 Å². The van der Waals surface area contributed by atoms with Crippen LogP contribution in [0.25, 0.3) is 0 Å². The number of hydrogen-bond acceptors (Lipinski definition) is 6. The molecule has 2 rings (SSSR count). The number of benzene rings is 2. The van der Waals surface area contributed by atoms with Crippen molar-refractivity contribution >= 4 is 11.5 Å². The van der Waals surface area contributed by atoms with Gasteiger partial charge in [-0.3, -0.25) is 14.9 Å². The average molecular weight is 317 g/mol. The smallest absolute Gasteiger partial charge is 0.269 e. The largest absolute Gasteiger partial charge is 0.497 e. The van der Waals surface area contributed by atoms with Gasteiger partial charge < -0.3 is 14.2 Å². The molecule has 0 aliphatic rings. The van der Waals surface area contributed by atoms with E-state index in [0.29, 0.717) is 22.8 Å². The quantitative estimate of drug-likeness (QED) is 0.443. The van der Waals surface area contributed by atoms with E-state index in [0.717, 1.165) is 0 Å². The molecule has 0 aromatic heterocycles. The molecule has 0 unspecified atom stereocenters. The molecular formula is C16H15NO6. The molecule has 120 valence electrons. The van der Waals surface area contributed by atoms with Crippen molar-refractivity contribution in [1.82, 2.24) is 0 Å². The van der Waals surface area contributed by atoms with Crippen molar-refractivity contribution in [2.24, 2.45) is 0 Å². The van der Waals surface area contributed by atoms with Crippen molar-refractivity contribution in [1.29, 1.82) is 0 Å². The van der Waals surface area contributed by atoms with E-state index in [4.69, 9.17) is 14.2 Å². The molecule has 2 aromatic rings. The van der Waals surface area contributed by atoms with Gasteiger partial charge >= 0.3 is 0 Å². The summed E-state index contributed by atoms with van der Waals surface area (Å²) in [6.07, 6.45) is 0. The van der Waals surface area contributed by atoms with Gasteiger partial charge in [-0.2, -0.15) is 0 Å². The van der Waals surface area contributed by atoms with E-state index >= 15 is 0 Å². The number of Topliss-reactive ketones (excluding diaryl/α,β-unsaturated/α-hetero) is 1. The Kier molecular flexibility index (Phi) is 5.14. The SMILES string of the molecule is COc1ccc(C(=O)COc2ccc([N+](=O)[O-])cc2)c(OC)c1. The van der Waals surface area contributed by atoms with Gasteiger partial charge in [0.15, 0.2) is 6.61 Å². The van der Waals surface area contributed by atoms with Crippen LogP contribution in [0, 0.1) is 10.1 Å². The number of nitrogens with zero attached hydrogens (tertiary/aromatic N) is 1. The summed E-state index contributed by atoms with van der Waals surface area (Å²) in [4.78, 5) is 22.3. The first-order chi connectivity index (χ1) is 11.0. The summed E-state index contributed by atoms with van der Waals surface area (Å²) in [6, 6.07) is 10.4. The molecule has 23 heavy (non-hydrogen) atoms. The molecule has 0 saturated carbocycles. The van der Waals surface area contributed by atoms with Crippen LogP contribution in [0.3, 0.4) is 0 Å². The van der Waals surface area contributed by atoms with Crippen LogP contribution in [0.5, 0.6) is 17.2 Å². The third kappa shape index (κ3) is 3.97. The Bertz CT molecular complexity index is 711. The van der Waals surface area contributed by atoms with Crippen LogP contribution in [0.2, 0.25) is 0 Å². The molecule has 0 heterocycles. The highest BCUT2D eigenvalue weighted by Gasteiger charge is 2.14. The van der Waals surface area contributed by atoms with E-state index in [9.17, 15) is 14.9 Å². The van der Waals surface area contributed by atoms with Crippen LogP contribution in [0.4, 0.5) is 5.69 Å². The maximum Gasteiger partial charge on any atom is 0.269 e. The second-order valence-corrected chi connectivity index (χ2v) is 4.53. The molecule has 7 heteroatoms. The fourth-order valence-corrected chi connectivity index (χ4v) is 1.92. The zero-order valence-electron chi connectivity index (χ0n) is 12.6. The first-order valence-corrected chi connectivity index (χ1v) is 6.67. The minimum atomic E-state index is -0.503. The minimum absolute atomic E-state index is 0.0412. The van der Waals surface area contributed by atoms with Gasteiger partial charge in [0.1, 0.15) is 17.2 Å². The third-order valence-corrected chi connectivity index (χ3v) is 3.13. The predicted octanol–water partition coefficient (Wildman–Crippen LogP) is 2.87. The minimum Gasteiger partial charge on any atom is -0.497 e. The Balaban J connectivity index is 2.06. The molecule has 0 saturated heterocycles. The fraction of sp³-hybridized carbons (Fsp3) is 0.188. The summed E-state index contributed by atoms with van der Waals surface area (Å²) in [5.74, 6) is 1.07. The van der Waals surface area contributed by atoms with Crippen LogP contribution in [-0.2, 0) is 0 Å². The molecule has 0 amide bonds. The molecule has 0 radical (unpaired) electrons. The first-order valence-electron chi connectivity index (χ1n) is 6.67. The second-order valence-electron chi connectivity index (χ2n) is 4.53. The van der Waals surface area contributed by atoms with Gasteiger partial charge in [0.05, 0.1) is 24.7 Å². The van der Waals surface area contributed by atoms with E-state index < -0.39 is 4.92 Å². The molecular weight excluding hydrogens is 302 g/mol. The summed E-state index contributed by atoms with van der Waals surface area (Å²) in [6.45, 7) is -0.208. The molecule has 7 nitrogen and oxygen atoms in total. The van der Waals surface area contributed by atoms with Gasteiger partial charge in [0.25, 0.3) is 5.69 Å². The van der Waals surface area contributed by atoms with Crippen LogP contribution in [-0.4, -0.2) is 31.5 Å². The lowest BCUT2D eigenvalue weighted by Crippen LogP contribution is -2.12. The highest BCUT2D eigenvalue weighted by molar-refractivity contribution is 6.00. The van der Waals surface area contributed by atoms with Crippen molar-refractivity contribution in [2.75, 3.05) is 20.8 Å². The summed E-state index contributed by atoms with van der Waals surface area (Å²) < 4.78 is 15.6. The molecule has 0 bridgehead atoms. The lowest BCUT2D eigenvalue weighted by molar-refractivity contribution is -0.384. The lowest BCUT2D eigenvalue weighted by atomic mass is 10.1. The van der Waals surface area contributed by atoms with Crippen molar-refractivity contribution in [3.63, 3.8) is 0 Å². The summed E-state index contributed by atoms with van der Waals surface area (Å²) in [7, 11) is 2.98. The number of ether oxygens (including phenoxy) is 3. The molecule has 0 aliphatic heterocycles. The second kappa shape index (κ2) is 7.26. The van der Waals surface area contributed by atoms with Gasteiger partial charge in [-0.05, 0) is 24.3 Å². The Morgan fingerprint density at radius 2 is 1.70 bits per heavy atom. The lowest BCUT2D eigenvalue weighted by Gasteiger charge is -2.10. The summed E-state index contributed by atoms with van der Waals surface area (Å²) >= 11 is 0. The number of non-ortho nitro benzene ring substituents is 1. The maximum atomic E-state index is 12.2. The van der Waals surface area contributed by atoms with E-state index in [2.05, 4.69) is 0 Å². The molecule has 0 N–H and O–H groups in total. The van der Waals surface area contributed by atoms with Gasteiger partial charge in [0.2, 0.25) is 5.78 Å². The number of nitro groups is 1. The highest BCUT2D eigenvalue weighted by atomic mass is 16.6. The Morgan fingerprint density at radius 1 is 1.04 bits per heavy atom. The Labute approximate surface area is 132 Å². The molecule has 0 aliphatic carbocycles. The van der Waals surface area contributed by atoms with Crippen molar-refractivity contribution in [2.45, 2.75) is 0 Å². The van der Waals surface area contributed by atoms with Crippen LogP contribution in [0.15, 0.2) is 42.5 Å². The van der Waals surface area contributed by atoms with E-state index in [1.54, 1.807) is 18.2 Å². The van der Waals surface area contributed by atoms with Gasteiger partial charge in [-0.15, -0.1) is 0 Å². The zero-order valence-corrected chi connectivity index (χ0v) is 12.6. The molecule has 2 aromatic carbocycles. The van der Waals surface area contributed by atoms with Crippen molar-refractivity contribution in [3.8, 4) is 17.2 Å². The monoisotopic (exact) mass is 317 g/mol. The Morgan fingerprint density at radius 3 is 2.26 bits per heavy atom. The number of methoxy groups -OCH3 is 2. The van der Waals surface area contributed by atoms with Crippen molar-refractivity contribution in [3.05, 3.63) is 58.1 Å².